The number of halogens is 4. The highest BCUT2D eigenvalue weighted by Crippen LogP contribution is 2.38. The summed E-state index contributed by atoms with van der Waals surface area (Å²) >= 11 is 6.08. The molecule has 1 heterocycles. The van der Waals surface area contributed by atoms with Gasteiger partial charge < -0.3 is 24.6 Å². The van der Waals surface area contributed by atoms with E-state index in [2.05, 4.69) is 5.32 Å². The van der Waals surface area contributed by atoms with Crippen molar-refractivity contribution in [2.45, 2.75) is 18.6 Å². The molecule has 0 aliphatic rings. The van der Waals surface area contributed by atoms with Crippen molar-refractivity contribution < 1.29 is 42.1 Å². The number of benzene rings is 2. The van der Waals surface area contributed by atoms with Gasteiger partial charge in [-0.3, -0.25) is 14.2 Å². The number of carboxylic acids is 1. The molecule has 9 nitrogen and oxygen atoms in total. The number of ether oxygens (including phenoxy) is 3. The molecule has 3 rings (SSSR count). The number of carboxylic acid groups (broad SMARTS) is 1. The van der Waals surface area contributed by atoms with E-state index in [1.807, 2.05) is 0 Å². The lowest BCUT2D eigenvalue weighted by Gasteiger charge is -2.22. The van der Waals surface area contributed by atoms with Crippen LogP contribution in [0.15, 0.2) is 59.5 Å². The van der Waals surface area contributed by atoms with Gasteiger partial charge in [-0.1, -0.05) is 11.6 Å². The Hall–Kier alpha value is -4.03. The minimum atomic E-state index is -4.60. The summed E-state index contributed by atoms with van der Waals surface area (Å²) in [6.07, 6.45) is -3.26. The number of pyridine rings is 1. The number of rotatable bonds is 11. The number of anilines is 1. The molecule has 0 aliphatic heterocycles. The van der Waals surface area contributed by atoms with Gasteiger partial charge in [-0.25, -0.2) is 4.79 Å². The molecule has 2 N–H and O–H groups in total. The molecule has 0 saturated carbocycles. The minimum absolute atomic E-state index is 0.0278. The molecule has 1 atom stereocenters. The molecule has 1 amide bonds. The van der Waals surface area contributed by atoms with Crippen molar-refractivity contribution >= 4 is 29.2 Å². The van der Waals surface area contributed by atoms with E-state index >= 15 is 0 Å². The quantitative estimate of drug-likeness (QED) is 0.333. The van der Waals surface area contributed by atoms with E-state index in [0.717, 1.165) is 10.6 Å². The molecule has 1 aromatic heterocycles. The van der Waals surface area contributed by atoms with Crippen LogP contribution >= 0.6 is 11.6 Å². The van der Waals surface area contributed by atoms with E-state index in [-0.39, 0.29) is 46.2 Å². The molecule has 39 heavy (non-hydrogen) atoms. The summed E-state index contributed by atoms with van der Waals surface area (Å²) in [5.41, 5.74) is -0.141. The zero-order chi connectivity index (χ0) is 28.7. The van der Waals surface area contributed by atoms with E-state index in [1.165, 1.54) is 62.9 Å². The second kappa shape index (κ2) is 12.7. The number of methoxy groups -OCH3 is 2. The second-order valence-electron chi connectivity index (χ2n) is 8.21. The molecule has 13 heteroatoms. The summed E-state index contributed by atoms with van der Waals surface area (Å²) in [5, 5.41) is 11.9. The van der Waals surface area contributed by atoms with E-state index in [4.69, 9.17) is 30.9 Å². The predicted molar refractivity (Wildman–Crippen MR) is 137 cm³/mol. The van der Waals surface area contributed by atoms with E-state index < -0.39 is 36.3 Å². The Morgan fingerprint density at radius 3 is 2.31 bits per heavy atom. The lowest BCUT2D eigenvalue weighted by molar-refractivity contribution is -0.153. The fraction of sp³-hybridized carbons (Fsp3) is 0.269. The van der Waals surface area contributed by atoms with Crippen LogP contribution in [0.25, 0.3) is 11.1 Å². The number of alkyl halides is 3. The standard InChI is InChI=1S/C26H24ClF3N2O7/c1-37-10-9-20(24(34)31-17-6-3-15(4-7-17)25(35)36)32-13-22(38-2)19(12-23(32)33)18-11-16(27)5-8-21(18)39-14-26(28,29)30/h3-8,11-13,20H,9-10,14H2,1-2H3,(H,31,34)(H,35,36). The summed E-state index contributed by atoms with van der Waals surface area (Å²) in [6, 6.07) is 9.40. The average Bonchev–Trinajstić information content (AvgIpc) is 2.88. The van der Waals surface area contributed by atoms with Crippen LogP contribution in [0.3, 0.4) is 0 Å². The van der Waals surface area contributed by atoms with Gasteiger partial charge in [0.05, 0.1) is 18.9 Å². The fourth-order valence-corrected chi connectivity index (χ4v) is 3.86. The molecule has 0 spiro atoms. The van der Waals surface area contributed by atoms with Crippen molar-refractivity contribution in [3.8, 4) is 22.6 Å². The first-order valence-electron chi connectivity index (χ1n) is 11.4. The second-order valence-corrected chi connectivity index (χ2v) is 8.65. The zero-order valence-corrected chi connectivity index (χ0v) is 21.5. The number of carbonyl (C=O) groups excluding carboxylic acids is 1. The Kier molecular flexibility index (Phi) is 9.60. The van der Waals surface area contributed by atoms with Crippen LogP contribution in [0, 0.1) is 0 Å². The van der Waals surface area contributed by atoms with Gasteiger partial charge in [-0.15, -0.1) is 0 Å². The molecule has 208 valence electrons. The number of nitrogens with one attached hydrogen (secondary N) is 1. The van der Waals surface area contributed by atoms with Gasteiger partial charge in [0, 0.05) is 48.0 Å². The minimum Gasteiger partial charge on any atom is -0.495 e. The monoisotopic (exact) mass is 568 g/mol. The van der Waals surface area contributed by atoms with Gasteiger partial charge in [0.25, 0.3) is 5.56 Å². The third-order valence-corrected chi connectivity index (χ3v) is 5.76. The van der Waals surface area contributed by atoms with E-state index in [1.54, 1.807) is 0 Å². The van der Waals surface area contributed by atoms with Crippen LogP contribution in [0.5, 0.6) is 11.5 Å². The van der Waals surface area contributed by atoms with Crippen LogP contribution in [0.1, 0.15) is 22.8 Å². The first-order valence-corrected chi connectivity index (χ1v) is 11.7. The smallest absolute Gasteiger partial charge is 0.422 e. The summed E-state index contributed by atoms with van der Waals surface area (Å²) in [7, 11) is 2.72. The Balaban J connectivity index is 2.01. The highest BCUT2D eigenvalue weighted by atomic mass is 35.5. The Bertz CT molecular complexity index is 1390. The topological polar surface area (TPSA) is 116 Å². The van der Waals surface area contributed by atoms with Gasteiger partial charge in [-0.05, 0) is 42.5 Å². The van der Waals surface area contributed by atoms with Crippen LogP contribution in [-0.4, -0.2) is 55.2 Å². The Labute approximate surface area is 225 Å². The zero-order valence-electron chi connectivity index (χ0n) is 20.8. The summed E-state index contributed by atoms with van der Waals surface area (Å²) in [4.78, 5) is 37.5. The SMILES string of the molecule is COCCC(C(=O)Nc1ccc(C(=O)O)cc1)n1cc(OC)c(-c2cc(Cl)ccc2OCC(F)(F)F)cc1=O. The summed E-state index contributed by atoms with van der Waals surface area (Å²) < 4.78 is 55.0. The van der Waals surface area contributed by atoms with Gasteiger partial charge in [0.15, 0.2) is 6.61 Å². The van der Waals surface area contributed by atoms with Crippen molar-refractivity contribution in [2.75, 3.05) is 32.8 Å². The molecular formula is C26H24ClF3N2O7. The van der Waals surface area contributed by atoms with E-state index in [0.29, 0.717) is 5.69 Å². The van der Waals surface area contributed by atoms with Gasteiger partial charge in [0.1, 0.15) is 17.5 Å². The van der Waals surface area contributed by atoms with Crippen LogP contribution in [-0.2, 0) is 9.53 Å². The maximum atomic E-state index is 13.2. The summed E-state index contributed by atoms with van der Waals surface area (Å²) in [5.74, 6) is -1.83. The first kappa shape index (κ1) is 29.5. The molecule has 1 unspecified atom stereocenters. The predicted octanol–water partition coefficient (Wildman–Crippen LogP) is 5.03. The lowest BCUT2D eigenvalue weighted by Crippen LogP contribution is -2.34. The molecule has 0 radical (unpaired) electrons. The number of carbonyl (C=O) groups is 2. The van der Waals surface area contributed by atoms with Crippen molar-refractivity contribution in [3.05, 3.63) is 75.7 Å². The third-order valence-electron chi connectivity index (χ3n) is 5.52. The number of hydrogen-bond acceptors (Lipinski definition) is 6. The molecule has 3 aromatic rings. The van der Waals surface area contributed by atoms with Gasteiger partial charge in [0.2, 0.25) is 5.91 Å². The third kappa shape index (κ3) is 7.74. The van der Waals surface area contributed by atoms with Crippen molar-refractivity contribution in [2.24, 2.45) is 0 Å². The molecule has 0 bridgehead atoms. The number of amides is 1. The Morgan fingerprint density at radius 1 is 1.05 bits per heavy atom. The van der Waals surface area contributed by atoms with Crippen molar-refractivity contribution in [1.29, 1.82) is 0 Å². The number of aromatic nitrogens is 1. The summed E-state index contributed by atoms with van der Waals surface area (Å²) in [6.45, 7) is -1.45. The highest BCUT2D eigenvalue weighted by molar-refractivity contribution is 6.31. The van der Waals surface area contributed by atoms with E-state index in [9.17, 15) is 27.6 Å². The van der Waals surface area contributed by atoms with Gasteiger partial charge >= 0.3 is 12.1 Å². The van der Waals surface area contributed by atoms with Crippen molar-refractivity contribution in [1.82, 2.24) is 4.57 Å². The molecule has 0 fully saturated rings. The molecule has 2 aromatic carbocycles. The van der Waals surface area contributed by atoms with Crippen LogP contribution < -0.4 is 20.3 Å². The normalized spacial score (nSPS) is 12.1. The molecular weight excluding hydrogens is 545 g/mol. The lowest BCUT2D eigenvalue weighted by atomic mass is 10.0. The Morgan fingerprint density at radius 2 is 1.72 bits per heavy atom. The first-order chi connectivity index (χ1) is 18.4. The molecule has 0 aliphatic carbocycles. The van der Waals surface area contributed by atoms with Gasteiger partial charge in [-0.2, -0.15) is 13.2 Å². The fourth-order valence-electron chi connectivity index (χ4n) is 3.69. The maximum Gasteiger partial charge on any atom is 0.422 e. The highest BCUT2D eigenvalue weighted by Gasteiger charge is 2.29. The maximum absolute atomic E-state index is 13.2. The van der Waals surface area contributed by atoms with Crippen LogP contribution in [0.4, 0.5) is 18.9 Å². The number of hydrogen-bond donors (Lipinski definition) is 2. The largest absolute Gasteiger partial charge is 0.495 e. The molecule has 0 saturated heterocycles. The van der Waals surface area contributed by atoms with Crippen LogP contribution in [0.2, 0.25) is 5.02 Å². The number of aromatic carboxylic acids is 1. The average molecular weight is 569 g/mol. The van der Waals surface area contributed by atoms with Crippen molar-refractivity contribution in [3.63, 3.8) is 0 Å². The number of nitrogens with zero attached hydrogens (tertiary/aromatic N) is 1.